The number of anilines is 1. The van der Waals surface area contributed by atoms with E-state index in [9.17, 15) is 19.5 Å². The first-order chi connectivity index (χ1) is 16.9. The molecule has 2 fully saturated rings. The van der Waals surface area contributed by atoms with E-state index < -0.39 is 17.5 Å². The minimum absolute atomic E-state index is 0.0191. The summed E-state index contributed by atoms with van der Waals surface area (Å²) < 4.78 is 6.98. The van der Waals surface area contributed by atoms with Crippen molar-refractivity contribution in [2.45, 2.75) is 18.9 Å². The summed E-state index contributed by atoms with van der Waals surface area (Å²) in [5.41, 5.74) is 4.26. The van der Waals surface area contributed by atoms with Crippen LogP contribution in [-0.2, 0) is 20.9 Å². The number of ether oxygens (including phenoxy) is 1. The van der Waals surface area contributed by atoms with Crippen LogP contribution in [0, 0.1) is 11.3 Å². The van der Waals surface area contributed by atoms with Crippen LogP contribution < -0.4 is 5.32 Å². The molecule has 3 aliphatic rings. The van der Waals surface area contributed by atoms with Gasteiger partial charge >= 0.3 is 12.1 Å². The van der Waals surface area contributed by atoms with Crippen LogP contribution in [0.2, 0.25) is 0 Å². The minimum Gasteiger partial charge on any atom is -0.481 e. The summed E-state index contributed by atoms with van der Waals surface area (Å²) in [6, 6.07) is 16.3. The normalized spacial score (nSPS) is 21.7. The average Bonchev–Trinajstić information content (AvgIpc) is 3.15. The lowest BCUT2D eigenvalue weighted by Crippen LogP contribution is -2.36. The van der Waals surface area contributed by atoms with Crippen molar-refractivity contribution in [3.63, 3.8) is 0 Å². The average molecular weight is 473 g/mol. The van der Waals surface area contributed by atoms with Gasteiger partial charge in [0.05, 0.1) is 17.3 Å². The molecule has 1 aromatic heterocycles. The maximum Gasteiger partial charge on any atom is 0.411 e. The number of hydrogen-bond acceptors (Lipinski definition) is 5. The summed E-state index contributed by atoms with van der Waals surface area (Å²) in [6.07, 6.45) is 3.06. The van der Waals surface area contributed by atoms with Crippen molar-refractivity contribution in [3.05, 3.63) is 72.1 Å². The molecule has 2 N–H and O–H groups in total. The highest BCUT2D eigenvalue weighted by Gasteiger charge is 2.66. The second-order valence-corrected chi connectivity index (χ2v) is 9.51. The molecule has 1 saturated heterocycles. The molecule has 178 valence electrons. The third kappa shape index (κ3) is 3.63. The number of aliphatic carboxylic acids is 1. The zero-order valence-electron chi connectivity index (χ0n) is 18.9. The van der Waals surface area contributed by atoms with Crippen LogP contribution >= 0.6 is 0 Å². The van der Waals surface area contributed by atoms with Gasteiger partial charge < -0.3 is 14.7 Å². The summed E-state index contributed by atoms with van der Waals surface area (Å²) in [7, 11) is 0. The molecule has 2 unspecified atom stereocenters. The van der Waals surface area contributed by atoms with Crippen molar-refractivity contribution < 1.29 is 24.2 Å². The van der Waals surface area contributed by atoms with Crippen molar-refractivity contribution in [1.29, 1.82) is 0 Å². The van der Waals surface area contributed by atoms with Gasteiger partial charge in [0.2, 0.25) is 5.91 Å². The zero-order valence-corrected chi connectivity index (χ0v) is 18.9. The first kappa shape index (κ1) is 21.4. The SMILES string of the molecule is O=C(Nc1cnn(CC(=O)N2CC3CC3(C(=O)O)C2)c1)OCC1c2ccccc2-c2ccccc21. The highest BCUT2D eigenvalue weighted by molar-refractivity contribution is 5.85. The number of likely N-dealkylation sites (tertiary alicyclic amines) is 1. The number of carbonyl (C=O) groups excluding carboxylic acids is 2. The maximum atomic E-state index is 12.6. The minimum atomic E-state index is -0.827. The van der Waals surface area contributed by atoms with Gasteiger partial charge in [-0.1, -0.05) is 48.5 Å². The van der Waals surface area contributed by atoms with Crippen molar-refractivity contribution in [3.8, 4) is 11.1 Å². The van der Waals surface area contributed by atoms with Gasteiger partial charge in [-0.15, -0.1) is 0 Å². The van der Waals surface area contributed by atoms with Gasteiger partial charge in [-0.05, 0) is 34.6 Å². The number of aromatic nitrogens is 2. The van der Waals surface area contributed by atoms with Crippen molar-refractivity contribution in [1.82, 2.24) is 14.7 Å². The molecule has 2 heterocycles. The highest BCUT2D eigenvalue weighted by atomic mass is 16.5. The Morgan fingerprint density at radius 1 is 1.09 bits per heavy atom. The molecule has 3 aromatic rings. The van der Waals surface area contributed by atoms with E-state index in [4.69, 9.17) is 4.74 Å². The Morgan fingerprint density at radius 3 is 2.43 bits per heavy atom. The lowest BCUT2D eigenvalue weighted by molar-refractivity contribution is -0.144. The molecule has 0 radical (unpaired) electrons. The molecule has 35 heavy (non-hydrogen) atoms. The predicted molar refractivity (Wildman–Crippen MR) is 126 cm³/mol. The van der Waals surface area contributed by atoms with E-state index in [-0.39, 0.29) is 37.4 Å². The smallest absolute Gasteiger partial charge is 0.411 e. The van der Waals surface area contributed by atoms with E-state index in [1.54, 1.807) is 11.1 Å². The highest BCUT2D eigenvalue weighted by Crippen LogP contribution is 2.57. The Labute approximate surface area is 201 Å². The molecular formula is C26H24N4O5. The van der Waals surface area contributed by atoms with Gasteiger partial charge in [0.25, 0.3) is 0 Å². The van der Waals surface area contributed by atoms with Crippen molar-refractivity contribution in [2.75, 3.05) is 25.0 Å². The van der Waals surface area contributed by atoms with Crippen LogP contribution in [0.4, 0.5) is 10.5 Å². The fourth-order valence-corrected chi connectivity index (χ4v) is 5.51. The Morgan fingerprint density at radius 2 is 1.77 bits per heavy atom. The topological polar surface area (TPSA) is 114 Å². The summed E-state index contributed by atoms with van der Waals surface area (Å²) in [4.78, 5) is 38.1. The van der Waals surface area contributed by atoms with Crippen molar-refractivity contribution >= 4 is 23.7 Å². The zero-order chi connectivity index (χ0) is 24.2. The summed E-state index contributed by atoms with van der Waals surface area (Å²) in [6.45, 7) is 0.901. The molecule has 2 aromatic carbocycles. The molecule has 9 nitrogen and oxygen atoms in total. The summed E-state index contributed by atoms with van der Waals surface area (Å²) in [5.74, 6) is -0.998. The Bertz CT molecular complexity index is 1310. The molecule has 0 spiro atoms. The van der Waals surface area contributed by atoms with Crippen LogP contribution in [0.25, 0.3) is 11.1 Å². The lowest BCUT2D eigenvalue weighted by Gasteiger charge is -2.19. The lowest BCUT2D eigenvalue weighted by atomic mass is 9.98. The van der Waals surface area contributed by atoms with Crippen LogP contribution in [0.1, 0.15) is 23.5 Å². The number of rotatable bonds is 6. The Balaban J connectivity index is 1.04. The number of nitrogens with zero attached hydrogens (tertiary/aromatic N) is 3. The number of fused-ring (bicyclic) bond motifs is 4. The van der Waals surface area contributed by atoms with Crippen LogP contribution in [0.5, 0.6) is 0 Å². The number of benzene rings is 2. The van der Waals surface area contributed by atoms with Crippen LogP contribution in [0.3, 0.4) is 0 Å². The number of carboxylic acids is 1. The van der Waals surface area contributed by atoms with E-state index in [2.05, 4.69) is 34.7 Å². The van der Waals surface area contributed by atoms with E-state index in [0.717, 1.165) is 22.3 Å². The van der Waals surface area contributed by atoms with E-state index >= 15 is 0 Å². The van der Waals surface area contributed by atoms with Crippen LogP contribution in [0.15, 0.2) is 60.9 Å². The van der Waals surface area contributed by atoms with Gasteiger partial charge in [0.1, 0.15) is 13.2 Å². The van der Waals surface area contributed by atoms with Gasteiger partial charge in [-0.25, -0.2) is 4.79 Å². The van der Waals surface area contributed by atoms with E-state index in [1.165, 1.54) is 10.9 Å². The monoisotopic (exact) mass is 472 g/mol. The fourth-order valence-electron chi connectivity index (χ4n) is 5.51. The number of hydrogen-bond donors (Lipinski definition) is 2. The summed E-state index contributed by atoms with van der Waals surface area (Å²) in [5, 5.41) is 16.2. The molecular weight excluding hydrogens is 448 g/mol. The van der Waals surface area contributed by atoms with Crippen molar-refractivity contribution in [2.24, 2.45) is 11.3 Å². The quantitative estimate of drug-likeness (QED) is 0.570. The number of piperidine rings is 1. The second-order valence-electron chi connectivity index (χ2n) is 9.51. The van der Waals surface area contributed by atoms with E-state index in [1.807, 2.05) is 24.3 Å². The third-order valence-electron chi connectivity index (χ3n) is 7.44. The Kier molecular flexibility index (Phi) is 4.87. The maximum absolute atomic E-state index is 12.6. The third-order valence-corrected chi connectivity index (χ3v) is 7.44. The number of carbonyl (C=O) groups is 3. The molecule has 2 atom stereocenters. The van der Waals surface area contributed by atoms with Crippen LogP contribution in [-0.4, -0.2) is 57.5 Å². The molecule has 2 amide bonds. The molecule has 0 bridgehead atoms. The van der Waals surface area contributed by atoms with E-state index in [0.29, 0.717) is 18.7 Å². The first-order valence-electron chi connectivity index (χ1n) is 11.6. The molecule has 9 heteroatoms. The van der Waals surface area contributed by atoms with Gasteiger partial charge in [0, 0.05) is 25.2 Å². The fraction of sp³-hybridized carbons (Fsp3) is 0.308. The van der Waals surface area contributed by atoms with Gasteiger partial charge in [-0.2, -0.15) is 5.10 Å². The predicted octanol–water partition coefficient (Wildman–Crippen LogP) is 3.18. The number of amides is 2. The first-order valence-corrected chi connectivity index (χ1v) is 11.6. The Hall–Kier alpha value is -4.14. The second kappa shape index (κ2) is 7.97. The molecule has 6 rings (SSSR count). The molecule has 2 aliphatic carbocycles. The van der Waals surface area contributed by atoms with Gasteiger partial charge in [0.15, 0.2) is 0 Å². The number of carboxylic acid groups (broad SMARTS) is 1. The number of nitrogens with one attached hydrogen (secondary N) is 1. The molecule has 1 aliphatic heterocycles. The molecule has 1 saturated carbocycles. The largest absolute Gasteiger partial charge is 0.481 e. The standard InChI is InChI=1S/C26H24N4O5/c31-23(29-11-16-9-26(16,15-29)24(32)33)13-30-12-17(10-27-30)28-25(34)35-14-22-20-7-3-1-5-18(20)19-6-2-4-8-21(19)22/h1-8,10,12,16,22H,9,11,13-15H2,(H,28,34)(H,32,33). The summed E-state index contributed by atoms with van der Waals surface area (Å²) >= 11 is 0. The van der Waals surface area contributed by atoms with Gasteiger partial charge in [-0.3, -0.25) is 19.6 Å².